The van der Waals surface area contributed by atoms with E-state index in [0.29, 0.717) is 5.88 Å². The average Bonchev–Trinajstić information content (AvgIpc) is 2.45. The van der Waals surface area contributed by atoms with Gasteiger partial charge in [-0.3, -0.25) is 0 Å². The minimum atomic E-state index is 0.551. The Balaban J connectivity index is 1.78. The molecule has 1 nitrogen and oxygen atoms in total. The monoisotopic (exact) mass is 277 g/mol. The van der Waals surface area contributed by atoms with Crippen molar-refractivity contribution in [3.05, 3.63) is 60.2 Å². The molecule has 0 fully saturated rings. The van der Waals surface area contributed by atoms with E-state index in [1.165, 1.54) is 4.90 Å². The number of alkyl halides is 1. The van der Waals surface area contributed by atoms with Gasteiger partial charge in [0.15, 0.2) is 0 Å². The Kier molecular flexibility index (Phi) is 5.43. The summed E-state index contributed by atoms with van der Waals surface area (Å²) in [6.45, 7) is 0.938. The van der Waals surface area contributed by atoms with Gasteiger partial charge >= 0.3 is 0 Å². The molecule has 0 amide bonds. The molecule has 2 rings (SSSR count). The maximum atomic E-state index is 5.90. The van der Waals surface area contributed by atoms with Crippen LogP contribution in [0.3, 0.4) is 0 Å². The molecule has 0 aromatic heterocycles. The van der Waals surface area contributed by atoms with Crippen molar-refractivity contribution >= 4 is 29.1 Å². The average molecular weight is 278 g/mol. The molecule has 0 spiro atoms. The Morgan fingerprint density at radius 1 is 0.944 bits per heavy atom. The molecule has 0 radical (unpaired) electrons. The van der Waals surface area contributed by atoms with Crippen LogP contribution in [0.4, 0.5) is 5.69 Å². The number of thioether (sulfide) groups is 1. The van der Waals surface area contributed by atoms with Crippen LogP contribution in [-0.2, 0) is 5.88 Å². The van der Waals surface area contributed by atoms with Gasteiger partial charge in [0, 0.05) is 28.8 Å². The number of benzene rings is 2. The highest BCUT2D eigenvalue weighted by atomic mass is 35.5. The van der Waals surface area contributed by atoms with Crippen molar-refractivity contribution in [2.75, 3.05) is 17.6 Å². The fourth-order valence-electron chi connectivity index (χ4n) is 1.68. The number of nitrogens with one attached hydrogen (secondary N) is 1. The van der Waals surface area contributed by atoms with Gasteiger partial charge in [-0.15, -0.1) is 23.4 Å². The van der Waals surface area contributed by atoms with E-state index >= 15 is 0 Å². The summed E-state index contributed by atoms with van der Waals surface area (Å²) in [6.07, 6.45) is 0. The number of para-hydroxylation sites is 1. The van der Waals surface area contributed by atoms with Crippen molar-refractivity contribution in [1.29, 1.82) is 0 Å². The maximum absolute atomic E-state index is 5.90. The van der Waals surface area contributed by atoms with Gasteiger partial charge in [-0.25, -0.2) is 0 Å². The zero-order valence-corrected chi connectivity index (χ0v) is 11.7. The van der Waals surface area contributed by atoms with Crippen LogP contribution in [0.15, 0.2) is 59.5 Å². The molecule has 94 valence electrons. The standard InChI is InChI=1S/C15H16ClNS/c16-12-13-6-4-5-9-15(13)17-10-11-18-14-7-2-1-3-8-14/h1-9,17H,10-12H2. The molecule has 2 aromatic carbocycles. The van der Waals surface area contributed by atoms with Crippen LogP contribution in [-0.4, -0.2) is 12.3 Å². The van der Waals surface area contributed by atoms with Crippen molar-refractivity contribution in [3.63, 3.8) is 0 Å². The SMILES string of the molecule is ClCc1ccccc1NCCSc1ccccc1. The van der Waals surface area contributed by atoms with Gasteiger partial charge in [0.1, 0.15) is 0 Å². The predicted octanol–water partition coefficient (Wildman–Crippen LogP) is 4.63. The number of anilines is 1. The normalized spacial score (nSPS) is 10.3. The molecule has 0 saturated heterocycles. The van der Waals surface area contributed by atoms with Crippen molar-refractivity contribution in [2.24, 2.45) is 0 Å². The number of hydrogen-bond donors (Lipinski definition) is 1. The highest BCUT2D eigenvalue weighted by Gasteiger charge is 1.99. The molecule has 1 N–H and O–H groups in total. The van der Waals surface area contributed by atoms with E-state index in [0.717, 1.165) is 23.5 Å². The summed E-state index contributed by atoms with van der Waals surface area (Å²) in [7, 11) is 0. The quantitative estimate of drug-likeness (QED) is 0.469. The molecule has 3 heteroatoms. The van der Waals surface area contributed by atoms with E-state index in [1.54, 1.807) is 0 Å². The van der Waals surface area contributed by atoms with Crippen molar-refractivity contribution in [2.45, 2.75) is 10.8 Å². The van der Waals surface area contributed by atoms with E-state index in [1.807, 2.05) is 30.0 Å². The van der Waals surface area contributed by atoms with Crippen molar-refractivity contribution in [1.82, 2.24) is 0 Å². The predicted molar refractivity (Wildman–Crippen MR) is 81.7 cm³/mol. The molecule has 0 aliphatic carbocycles. The number of hydrogen-bond acceptors (Lipinski definition) is 2. The topological polar surface area (TPSA) is 12.0 Å². The molecule has 0 saturated carbocycles. The lowest BCUT2D eigenvalue weighted by Crippen LogP contribution is -2.05. The van der Waals surface area contributed by atoms with E-state index in [2.05, 4.69) is 41.7 Å². The van der Waals surface area contributed by atoms with Gasteiger partial charge in [-0.1, -0.05) is 36.4 Å². The Morgan fingerprint density at radius 3 is 2.44 bits per heavy atom. The highest BCUT2D eigenvalue weighted by molar-refractivity contribution is 7.99. The summed E-state index contributed by atoms with van der Waals surface area (Å²) in [5.74, 6) is 1.59. The van der Waals surface area contributed by atoms with Crippen molar-refractivity contribution in [3.8, 4) is 0 Å². The zero-order chi connectivity index (χ0) is 12.6. The molecule has 2 aromatic rings. The van der Waals surface area contributed by atoms with Gasteiger partial charge in [0.25, 0.3) is 0 Å². The lowest BCUT2D eigenvalue weighted by molar-refractivity contribution is 1.20. The molecule has 0 aliphatic heterocycles. The second-order valence-electron chi connectivity index (χ2n) is 3.88. The van der Waals surface area contributed by atoms with E-state index in [4.69, 9.17) is 11.6 Å². The molecule has 0 bridgehead atoms. The first-order valence-corrected chi connectivity index (χ1v) is 7.48. The Hall–Kier alpha value is -1.12. The Morgan fingerprint density at radius 2 is 1.67 bits per heavy atom. The number of rotatable bonds is 6. The maximum Gasteiger partial charge on any atom is 0.0494 e. The van der Waals surface area contributed by atoms with Gasteiger partial charge in [0.05, 0.1) is 0 Å². The van der Waals surface area contributed by atoms with Crippen LogP contribution in [0.5, 0.6) is 0 Å². The van der Waals surface area contributed by atoms with Crippen molar-refractivity contribution < 1.29 is 0 Å². The van der Waals surface area contributed by atoms with Gasteiger partial charge in [0.2, 0.25) is 0 Å². The van der Waals surface area contributed by atoms with Crippen LogP contribution >= 0.6 is 23.4 Å². The molecule has 0 unspecified atom stereocenters. The lowest BCUT2D eigenvalue weighted by Gasteiger charge is -2.09. The minimum absolute atomic E-state index is 0.551. The van der Waals surface area contributed by atoms with E-state index in [-0.39, 0.29) is 0 Å². The summed E-state index contributed by atoms with van der Waals surface area (Å²) < 4.78 is 0. The fourth-order valence-corrected chi connectivity index (χ4v) is 2.70. The first-order chi connectivity index (χ1) is 8.90. The second kappa shape index (κ2) is 7.34. The lowest BCUT2D eigenvalue weighted by atomic mass is 10.2. The summed E-state index contributed by atoms with van der Waals surface area (Å²) in [4.78, 5) is 1.31. The molecule has 0 aliphatic rings. The first-order valence-electron chi connectivity index (χ1n) is 5.96. The van der Waals surface area contributed by atoms with Crippen LogP contribution in [0.2, 0.25) is 0 Å². The summed E-state index contributed by atoms with van der Waals surface area (Å²) >= 11 is 7.75. The van der Waals surface area contributed by atoms with E-state index < -0.39 is 0 Å². The van der Waals surface area contributed by atoms with Gasteiger partial charge in [-0.2, -0.15) is 0 Å². The summed E-state index contributed by atoms with van der Waals surface area (Å²) in [6, 6.07) is 18.6. The Bertz CT molecular complexity index is 473. The highest BCUT2D eigenvalue weighted by Crippen LogP contribution is 2.19. The first kappa shape index (κ1) is 13.3. The third-order valence-electron chi connectivity index (χ3n) is 2.59. The van der Waals surface area contributed by atoms with E-state index in [9.17, 15) is 0 Å². The summed E-state index contributed by atoms with van der Waals surface area (Å²) in [5, 5.41) is 3.43. The van der Waals surface area contributed by atoms with Gasteiger partial charge < -0.3 is 5.32 Å². The molecule has 0 heterocycles. The van der Waals surface area contributed by atoms with Crippen LogP contribution < -0.4 is 5.32 Å². The molecular formula is C15H16ClNS. The Labute approximate surface area is 118 Å². The second-order valence-corrected chi connectivity index (χ2v) is 5.31. The third kappa shape index (κ3) is 3.97. The zero-order valence-electron chi connectivity index (χ0n) is 10.1. The van der Waals surface area contributed by atoms with Gasteiger partial charge in [-0.05, 0) is 23.8 Å². The largest absolute Gasteiger partial charge is 0.384 e. The van der Waals surface area contributed by atoms with Crippen LogP contribution in [0, 0.1) is 0 Å². The summed E-state index contributed by atoms with van der Waals surface area (Å²) in [5.41, 5.74) is 2.30. The molecule has 18 heavy (non-hydrogen) atoms. The number of halogens is 1. The van der Waals surface area contributed by atoms with Crippen LogP contribution in [0.1, 0.15) is 5.56 Å². The molecular weight excluding hydrogens is 262 g/mol. The smallest absolute Gasteiger partial charge is 0.0494 e. The fraction of sp³-hybridized carbons (Fsp3) is 0.200. The minimum Gasteiger partial charge on any atom is -0.384 e. The third-order valence-corrected chi connectivity index (χ3v) is 3.89. The molecule has 0 atom stereocenters. The van der Waals surface area contributed by atoms with Crippen LogP contribution in [0.25, 0.3) is 0 Å².